The Bertz CT molecular complexity index is 2380. The number of carbonyl (C=O) groups is 1. The third-order valence-electron chi connectivity index (χ3n) is 9.71. The van der Waals surface area contributed by atoms with Gasteiger partial charge < -0.3 is 19.9 Å². The molecule has 4 atom stereocenters. The molecule has 3 N–H and O–H groups in total. The predicted molar refractivity (Wildman–Crippen MR) is 217 cm³/mol. The fraction of sp³-hybridized carbons (Fsp3) is 0.256. The van der Waals surface area contributed by atoms with Gasteiger partial charge in [-0.1, -0.05) is 120 Å². The number of rotatable bonds is 15. The third kappa shape index (κ3) is 10.4. The topological polar surface area (TPSA) is 158 Å². The van der Waals surface area contributed by atoms with E-state index in [0.717, 1.165) is 44.5 Å². The lowest BCUT2D eigenvalue weighted by molar-refractivity contribution is -0.245. The van der Waals surface area contributed by atoms with E-state index in [0.29, 0.717) is 17.3 Å². The van der Waals surface area contributed by atoms with Gasteiger partial charge in [-0.25, -0.2) is 13.1 Å². The molecule has 0 saturated carbocycles. The number of nitrogens with zero attached hydrogens (tertiary/aromatic N) is 4. The molecule has 0 radical (unpaired) electrons. The van der Waals surface area contributed by atoms with Crippen LogP contribution >= 0.6 is 11.8 Å². The van der Waals surface area contributed by atoms with Crippen LogP contribution in [0.3, 0.4) is 0 Å². The summed E-state index contributed by atoms with van der Waals surface area (Å²) in [5, 5.41) is 25.0. The molecule has 1 aromatic heterocycles. The molecule has 7 rings (SSSR count). The summed E-state index contributed by atoms with van der Waals surface area (Å²) in [6, 6.07) is 38.5. The van der Waals surface area contributed by atoms with E-state index < -0.39 is 28.3 Å². The monoisotopic (exact) mass is 804 g/mol. The van der Waals surface area contributed by atoms with Crippen molar-refractivity contribution in [2.45, 2.75) is 67.5 Å². The van der Waals surface area contributed by atoms with Gasteiger partial charge in [-0.3, -0.25) is 4.79 Å². The maximum atomic E-state index is 13.7. The lowest BCUT2D eigenvalue weighted by atomic mass is 9.99. The number of hydrogen-bond acceptors (Lipinski definition) is 10. The number of carbonyl (C=O) groups excluding carboxylic acids is 1. The smallest absolute Gasteiger partial charge is 0.241 e. The number of tetrazole rings is 1. The lowest BCUT2D eigenvalue weighted by Crippen LogP contribution is -2.47. The Morgan fingerprint density at radius 1 is 0.860 bits per heavy atom. The van der Waals surface area contributed by atoms with Gasteiger partial charge in [-0.05, 0) is 81.4 Å². The van der Waals surface area contributed by atoms with E-state index in [2.05, 4.69) is 25.6 Å². The number of aliphatic hydroxyl groups is 1. The van der Waals surface area contributed by atoms with Crippen molar-refractivity contribution < 1.29 is 27.8 Å². The molecule has 1 saturated heterocycles. The van der Waals surface area contributed by atoms with Crippen LogP contribution in [0.2, 0.25) is 0 Å². The van der Waals surface area contributed by atoms with E-state index in [1.54, 1.807) is 23.9 Å². The molecule has 4 unspecified atom stereocenters. The second kappa shape index (κ2) is 18.4. The van der Waals surface area contributed by atoms with Gasteiger partial charge in [0.25, 0.3) is 0 Å². The zero-order valence-corrected chi connectivity index (χ0v) is 33.2. The first-order valence-corrected chi connectivity index (χ1v) is 21.1. The fourth-order valence-electron chi connectivity index (χ4n) is 6.58. The molecular weight excluding hydrogens is 761 g/mol. The maximum absolute atomic E-state index is 13.7. The normalized spacial score (nSPS) is 17.6. The van der Waals surface area contributed by atoms with E-state index in [9.17, 15) is 18.3 Å². The van der Waals surface area contributed by atoms with Gasteiger partial charge in [0, 0.05) is 31.3 Å². The van der Waals surface area contributed by atoms with Gasteiger partial charge >= 0.3 is 0 Å². The Morgan fingerprint density at radius 3 is 2.30 bits per heavy atom. The summed E-state index contributed by atoms with van der Waals surface area (Å²) in [5.41, 5.74) is 7.15. The molecule has 5 aromatic carbocycles. The average Bonchev–Trinajstić information content (AvgIpc) is 3.66. The Labute approximate surface area is 336 Å². The number of ether oxygens (including phenoxy) is 2. The van der Waals surface area contributed by atoms with Gasteiger partial charge in [0.05, 0.1) is 23.7 Å². The van der Waals surface area contributed by atoms with Gasteiger partial charge in [-0.2, -0.15) is 4.72 Å². The number of benzene rings is 5. The van der Waals surface area contributed by atoms with Crippen LogP contribution in [0.25, 0.3) is 11.1 Å². The van der Waals surface area contributed by atoms with Crippen molar-refractivity contribution in [2.24, 2.45) is 7.05 Å². The SMILES string of the molecule is Cc1ccc(S(=O)(=O)NC(Cc2ccccc2)C(=O)NCc2cccc(-c3cccc(C4OC(CSc5nnnn5C)CC(c5ccc(CO)cc5)O4)c3)c2)cc1. The molecule has 0 bridgehead atoms. The lowest BCUT2D eigenvalue weighted by Gasteiger charge is -2.36. The summed E-state index contributed by atoms with van der Waals surface area (Å²) in [4.78, 5) is 13.8. The number of aryl methyl sites for hydroxylation is 2. The highest BCUT2D eigenvalue weighted by molar-refractivity contribution is 7.99. The minimum absolute atomic E-state index is 0.0340. The maximum Gasteiger partial charge on any atom is 0.241 e. The van der Waals surface area contributed by atoms with Crippen LogP contribution in [0.15, 0.2) is 137 Å². The quantitative estimate of drug-likeness (QED) is 0.102. The summed E-state index contributed by atoms with van der Waals surface area (Å²) in [5.74, 6) is 0.184. The van der Waals surface area contributed by atoms with E-state index in [-0.39, 0.29) is 36.7 Å². The van der Waals surface area contributed by atoms with E-state index in [1.807, 2.05) is 110 Å². The first-order chi connectivity index (χ1) is 27.6. The third-order valence-corrected chi connectivity index (χ3v) is 12.3. The highest BCUT2D eigenvalue weighted by Crippen LogP contribution is 2.40. The predicted octanol–water partition coefficient (Wildman–Crippen LogP) is 6.22. The number of hydrogen-bond donors (Lipinski definition) is 3. The molecule has 12 nitrogen and oxygen atoms in total. The summed E-state index contributed by atoms with van der Waals surface area (Å²) in [6.07, 6.45) is -0.266. The first kappa shape index (κ1) is 40.0. The van der Waals surface area contributed by atoms with Crippen LogP contribution in [0, 0.1) is 6.92 Å². The van der Waals surface area contributed by atoms with Crippen LogP contribution in [0.4, 0.5) is 0 Å². The minimum atomic E-state index is -3.97. The molecular formula is C43H44N6O6S2. The van der Waals surface area contributed by atoms with Crippen LogP contribution in [-0.4, -0.2) is 57.5 Å². The van der Waals surface area contributed by atoms with Gasteiger partial charge in [0.2, 0.25) is 21.1 Å². The minimum Gasteiger partial charge on any atom is -0.392 e. The number of sulfonamides is 1. The van der Waals surface area contributed by atoms with Crippen molar-refractivity contribution in [1.82, 2.24) is 30.2 Å². The number of thioether (sulfide) groups is 1. The summed E-state index contributed by atoms with van der Waals surface area (Å²) in [6.45, 7) is 2.04. The van der Waals surface area contributed by atoms with Crippen LogP contribution < -0.4 is 10.0 Å². The number of nitrogens with one attached hydrogen (secondary N) is 2. The highest BCUT2D eigenvalue weighted by atomic mass is 32.2. The Morgan fingerprint density at radius 2 is 1.58 bits per heavy atom. The molecule has 6 aromatic rings. The van der Waals surface area contributed by atoms with Crippen LogP contribution in [0.5, 0.6) is 0 Å². The van der Waals surface area contributed by atoms with Crippen molar-refractivity contribution in [1.29, 1.82) is 0 Å². The standard InChI is InChI=1S/C43H44N6O6S2/c1-29-14-20-38(21-15-29)57(52,53)46-39(23-30-8-4-3-5-9-30)41(51)44-26-32-10-6-11-34(22-32)35-12-7-13-36(24-35)42-54-37(28-56-43-45-47-48-49(43)2)25-40(55-42)33-18-16-31(27-50)17-19-33/h3-22,24,37,39-40,42,46,50H,23,25-28H2,1-2H3,(H,44,51). The summed E-state index contributed by atoms with van der Waals surface area (Å²) in [7, 11) is -2.17. The molecule has 294 valence electrons. The number of amides is 1. The molecule has 0 aliphatic carbocycles. The molecule has 0 spiro atoms. The molecule has 2 heterocycles. The van der Waals surface area contributed by atoms with Crippen molar-refractivity contribution in [3.8, 4) is 11.1 Å². The van der Waals surface area contributed by atoms with Gasteiger partial charge in [-0.15, -0.1) is 5.10 Å². The average molecular weight is 805 g/mol. The Balaban J connectivity index is 1.06. The molecule has 57 heavy (non-hydrogen) atoms. The first-order valence-electron chi connectivity index (χ1n) is 18.6. The van der Waals surface area contributed by atoms with Crippen molar-refractivity contribution in [3.05, 3.63) is 161 Å². The van der Waals surface area contributed by atoms with Crippen LogP contribution in [-0.2, 0) is 50.9 Å². The van der Waals surface area contributed by atoms with Crippen LogP contribution in [0.1, 0.15) is 52.2 Å². The Kier molecular flexibility index (Phi) is 12.9. The molecule has 1 fully saturated rings. The second-order valence-electron chi connectivity index (χ2n) is 14.0. The molecule has 1 aliphatic rings. The summed E-state index contributed by atoms with van der Waals surface area (Å²) >= 11 is 1.52. The number of aliphatic hydroxyl groups excluding tert-OH is 1. The fourth-order valence-corrected chi connectivity index (χ4v) is 8.64. The number of aromatic nitrogens is 4. The van der Waals surface area contributed by atoms with E-state index in [4.69, 9.17) is 9.47 Å². The van der Waals surface area contributed by atoms with Gasteiger partial charge in [0.1, 0.15) is 6.04 Å². The van der Waals surface area contributed by atoms with E-state index in [1.165, 1.54) is 23.9 Å². The zero-order chi connectivity index (χ0) is 39.8. The van der Waals surface area contributed by atoms with Crippen molar-refractivity contribution >= 4 is 27.7 Å². The van der Waals surface area contributed by atoms with Crippen molar-refractivity contribution in [2.75, 3.05) is 5.75 Å². The molecule has 1 aliphatic heterocycles. The highest BCUT2D eigenvalue weighted by Gasteiger charge is 2.33. The van der Waals surface area contributed by atoms with E-state index >= 15 is 0 Å². The Hall–Kier alpha value is -5.22. The largest absolute Gasteiger partial charge is 0.392 e. The summed E-state index contributed by atoms with van der Waals surface area (Å²) < 4.78 is 44.2. The van der Waals surface area contributed by atoms with Gasteiger partial charge in [0.15, 0.2) is 6.29 Å². The zero-order valence-electron chi connectivity index (χ0n) is 31.6. The van der Waals surface area contributed by atoms with Crippen molar-refractivity contribution in [3.63, 3.8) is 0 Å². The molecule has 1 amide bonds. The molecule has 14 heteroatoms. The second-order valence-corrected chi connectivity index (χ2v) is 16.7.